The number of benzene rings is 1. The third-order valence-electron chi connectivity index (χ3n) is 4.79. The summed E-state index contributed by atoms with van der Waals surface area (Å²) in [7, 11) is 3.12. The number of hydrogen-bond donors (Lipinski definition) is 4. The summed E-state index contributed by atoms with van der Waals surface area (Å²) in [5, 5.41) is 26.6. The van der Waals surface area contributed by atoms with E-state index >= 15 is 0 Å². The summed E-state index contributed by atoms with van der Waals surface area (Å²) in [6.07, 6.45) is 3.30. The maximum atomic E-state index is 12.5. The number of rotatable bonds is 5. The number of amides is 1. The molecule has 0 bridgehead atoms. The molecule has 9 heteroatoms. The normalized spacial score (nSPS) is 28.5. The molecule has 0 spiro atoms. The molecule has 1 fully saturated rings. The minimum Gasteiger partial charge on any atom is -0.497 e. The molecule has 1 saturated carbocycles. The Kier molecular flexibility index (Phi) is 6.34. The Balaban J connectivity index is 1.79. The van der Waals surface area contributed by atoms with Gasteiger partial charge in [0.1, 0.15) is 17.6 Å². The molecule has 1 amide bonds. The zero-order valence-electron chi connectivity index (χ0n) is 15.6. The topological polar surface area (TPSA) is 112 Å². The standard InChI is InChI=1S/C19H23N3O5S/c1-4-5-20-18(25)13-9-14(23)16(24)15-17(13)28-19(22-15)21-10-6-11(26-2)8-12(7-10)27-3/h1,6-8,13-17,23-24H,5,9H2,2-3H3,(H,20,25)(H,21,22)/t13-,14+,15-,16-,17+/m0/s1. The second kappa shape index (κ2) is 8.73. The number of anilines is 1. The number of carbonyl (C=O) groups excluding carboxylic acids is 1. The number of methoxy groups -OCH3 is 2. The lowest BCUT2D eigenvalue weighted by atomic mass is 9.81. The number of nitrogens with one attached hydrogen (secondary N) is 2. The van der Waals surface area contributed by atoms with E-state index < -0.39 is 24.2 Å². The minimum atomic E-state index is -1.03. The van der Waals surface area contributed by atoms with Crippen LogP contribution in [0.25, 0.3) is 0 Å². The molecular formula is C19H23N3O5S. The van der Waals surface area contributed by atoms with Crippen LogP contribution in [0.2, 0.25) is 0 Å². The number of aliphatic imine (C=N–C) groups is 1. The van der Waals surface area contributed by atoms with Gasteiger partial charge in [0, 0.05) is 29.1 Å². The molecular weight excluding hydrogens is 382 g/mol. The number of terminal acetylenes is 1. The highest BCUT2D eigenvalue weighted by molar-refractivity contribution is 8.15. The Bertz CT molecular complexity index is 787. The molecule has 0 radical (unpaired) electrons. The molecule has 0 aromatic heterocycles. The van der Waals surface area contributed by atoms with Gasteiger partial charge in [0.05, 0.1) is 38.8 Å². The van der Waals surface area contributed by atoms with Crippen molar-refractivity contribution in [2.24, 2.45) is 10.9 Å². The van der Waals surface area contributed by atoms with E-state index in [1.54, 1.807) is 32.4 Å². The molecule has 1 aromatic rings. The Morgan fingerprint density at radius 2 is 2.00 bits per heavy atom. The zero-order valence-corrected chi connectivity index (χ0v) is 16.4. The number of aliphatic hydroxyl groups excluding tert-OH is 2. The Labute approximate surface area is 167 Å². The van der Waals surface area contributed by atoms with Crippen LogP contribution in [0.5, 0.6) is 11.5 Å². The highest BCUT2D eigenvalue weighted by Crippen LogP contribution is 2.41. The summed E-state index contributed by atoms with van der Waals surface area (Å²) in [5.41, 5.74) is 0.699. The molecule has 5 atom stereocenters. The van der Waals surface area contributed by atoms with Gasteiger partial charge < -0.3 is 30.3 Å². The number of nitrogens with zero attached hydrogens (tertiary/aromatic N) is 1. The molecule has 1 aliphatic heterocycles. The first kappa shape index (κ1) is 20.3. The van der Waals surface area contributed by atoms with Crippen LogP contribution in [0.4, 0.5) is 5.69 Å². The average Bonchev–Trinajstić information content (AvgIpc) is 3.12. The van der Waals surface area contributed by atoms with Crippen molar-refractivity contribution in [2.45, 2.75) is 29.9 Å². The molecule has 28 heavy (non-hydrogen) atoms. The van der Waals surface area contributed by atoms with E-state index in [0.717, 1.165) is 0 Å². The number of carbonyl (C=O) groups is 1. The third kappa shape index (κ3) is 4.19. The third-order valence-corrected chi connectivity index (χ3v) is 6.10. The summed E-state index contributed by atoms with van der Waals surface area (Å²) < 4.78 is 10.5. The van der Waals surface area contributed by atoms with Gasteiger partial charge in [-0.2, -0.15) is 0 Å². The first-order chi connectivity index (χ1) is 13.5. The Hall–Kier alpha value is -2.41. The van der Waals surface area contributed by atoms with E-state index in [1.807, 2.05) is 0 Å². The van der Waals surface area contributed by atoms with Crippen LogP contribution in [0.15, 0.2) is 23.2 Å². The van der Waals surface area contributed by atoms with Crippen molar-refractivity contribution in [3.63, 3.8) is 0 Å². The predicted octanol–water partition coefficient (Wildman–Crippen LogP) is 0.447. The van der Waals surface area contributed by atoms with Crippen molar-refractivity contribution >= 4 is 28.5 Å². The average molecular weight is 405 g/mol. The Morgan fingerprint density at radius 3 is 2.61 bits per heavy atom. The summed E-state index contributed by atoms with van der Waals surface area (Å²) >= 11 is 1.37. The maximum absolute atomic E-state index is 12.5. The quantitative estimate of drug-likeness (QED) is 0.526. The molecule has 150 valence electrons. The van der Waals surface area contributed by atoms with Crippen LogP contribution in [0.1, 0.15) is 6.42 Å². The number of hydrogen-bond acceptors (Lipinski definition) is 8. The van der Waals surface area contributed by atoms with E-state index in [2.05, 4.69) is 21.5 Å². The predicted molar refractivity (Wildman–Crippen MR) is 108 cm³/mol. The fourth-order valence-corrected chi connectivity index (χ4v) is 4.76. The van der Waals surface area contributed by atoms with Gasteiger partial charge in [0.2, 0.25) is 5.91 Å². The lowest BCUT2D eigenvalue weighted by molar-refractivity contribution is -0.129. The van der Waals surface area contributed by atoms with Gasteiger partial charge in [-0.3, -0.25) is 9.79 Å². The molecule has 1 aliphatic carbocycles. The van der Waals surface area contributed by atoms with Crippen molar-refractivity contribution in [1.29, 1.82) is 0 Å². The second-order valence-corrected chi connectivity index (χ2v) is 7.72. The molecule has 0 unspecified atom stereocenters. The monoisotopic (exact) mass is 405 g/mol. The number of fused-ring (bicyclic) bond motifs is 1. The lowest BCUT2D eigenvalue weighted by Crippen LogP contribution is -2.54. The summed E-state index contributed by atoms with van der Waals surface area (Å²) in [4.78, 5) is 17.0. The molecule has 1 heterocycles. The van der Waals surface area contributed by atoms with Gasteiger partial charge in [0.25, 0.3) is 0 Å². The van der Waals surface area contributed by atoms with Crippen molar-refractivity contribution in [1.82, 2.24) is 5.32 Å². The highest BCUT2D eigenvalue weighted by atomic mass is 32.2. The molecule has 1 aromatic carbocycles. The minimum absolute atomic E-state index is 0.117. The van der Waals surface area contributed by atoms with Crippen LogP contribution in [0, 0.1) is 18.3 Å². The largest absolute Gasteiger partial charge is 0.497 e. The van der Waals surface area contributed by atoms with Crippen molar-refractivity contribution in [3.05, 3.63) is 18.2 Å². The van der Waals surface area contributed by atoms with E-state index in [9.17, 15) is 15.0 Å². The van der Waals surface area contributed by atoms with E-state index in [-0.39, 0.29) is 24.1 Å². The van der Waals surface area contributed by atoms with Crippen LogP contribution in [0.3, 0.4) is 0 Å². The molecule has 4 N–H and O–H groups in total. The highest BCUT2D eigenvalue weighted by Gasteiger charge is 2.50. The van der Waals surface area contributed by atoms with Gasteiger partial charge in [-0.25, -0.2) is 0 Å². The number of thioether (sulfide) groups is 1. The molecule has 3 rings (SSSR count). The van der Waals surface area contributed by atoms with E-state index in [4.69, 9.17) is 15.9 Å². The number of ether oxygens (including phenoxy) is 2. The zero-order chi connectivity index (χ0) is 20.3. The first-order valence-electron chi connectivity index (χ1n) is 8.78. The lowest BCUT2D eigenvalue weighted by Gasteiger charge is -2.37. The van der Waals surface area contributed by atoms with E-state index in [1.165, 1.54) is 11.8 Å². The summed E-state index contributed by atoms with van der Waals surface area (Å²) in [6.45, 7) is 0.117. The van der Waals surface area contributed by atoms with Crippen LogP contribution in [-0.2, 0) is 4.79 Å². The van der Waals surface area contributed by atoms with Crippen LogP contribution in [-0.4, -0.2) is 65.6 Å². The van der Waals surface area contributed by atoms with Crippen molar-refractivity contribution in [3.8, 4) is 23.8 Å². The van der Waals surface area contributed by atoms with Gasteiger partial charge in [0.15, 0.2) is 5.17 Å². The van der Waals surface area contributed by atoms with Crippen molar-refractivity contribution in [2.75, 3.05) is 26.1 Å². The SMILES string of the molecule is C#CCNC(=O)[C@H]1C[C@@H](O)[C@H](O)[C@@H]2N=C(Nc3cc(OC)cc(OC)c3)S[C@@H]21. The summed E-state index contributed by atoms with van der Waals surface area (Å²) in [6, 6.07) is 4.73. The first-order valence-corrected chi connectivity index (χ1v) is 9.66. The Morgan fingerprint density at radius 1 is 1.32 bits per heavy atom. The number of aliphatic hydroxyl groups is 2. The van der Waals surface area contributed by atoms with Gasteiger partial charge in [-0.15, -0.1) is 6.42 Å². The number of amidine groups is 1. The van der Waals surface area contributed by atoms with Crippen LogP contribution < -0.4 is 20.1 Å². The van der Waals surface area contributed by atoms with Crippen LogP contribution >= 0.6 is 11.8 Å². The molecule has 0 saturated heterocycles. The van der Waals surface area contributed by atoms with E-state index in [0.29, 0.717) is 22.4 Å². The maximum Gasteiger partial charge on any atom is 0.225 e. The fraction of sp³-hybridized carbons (Fsp3) is 0.474. The smallest absolute Gasteiger partial charge is 0.225 e. The van der Waals surface area contributed by atoms with Crippen molar-refractivity contribution < 1.29 is 24.5 Å². The summed E-state index contributed by atoms with van der Waals surface area (Å²) in [5.74, 6) is 2.84. The van der Waals surface area contributed by atoms with Gasteiger partial charge in [-0.05, 0) is 6.42 Å². The van der Waals surface area contributed by atoms with Gasteiger partial charge in [-0.1, -0.05) is 17.7 Å². The molecule has 8 nitrogen and oxygen atoms in total. The molecule has 2 aliphatic rings. The second-order valence-electron chi connectivity index (χ2n) is 6.56. The fourth-order valence-electron chi connectivity index (χ4n) is 3.38. The van der Waals surface area contributed by atoms with Gasteiger partial charge >= 0.3 is 0 Å².